The number of hydrogen-bond donors (Lipinski definition) is 0. The van der Waals surface area contributed by atoms with Gasteiger partial charge in [-0.3, -0.25) is 4.79 Å². The van der Waals surface area contributed by atoms with Gasteiger partial charge in [0.2, 0.25) is 0 Å². The van der Waals surface area contributed by atoms with Gasteiger partial charge >= 0.3 is 5.97 Å². The third-order valence-electron chi connectivity index (χ3n) is 2.05. The molecule has 1 aliphatic rings. The topological polar surface area (TPSA) is 54.0 Å². The monoisotopic (exact) mass is 218 g/mol. The fourth-order valence-electron chi connectivity index (χ4n) is 1.32. The van der Waals surface area contributed by atoms with Crippen molar-refractivity contribution in [3.63, 3.8) is 0 Å². The second-order valence-corrected chi connectivity index (χ2v) is 3.85. The van der Waals surface area contributed by atoms with Crippen LogP contribution in [-0.2, 0) is 23.7 Å². The zero-order valence-corrected chi connectivity index (χ0v) is 9.45. The predicted octanol–water partition coefficient (Wildman–Crippen LogP) is 0.718. The maximum atomic E-state index is 10.8. The zero-order valence-electron chi connectivity index (χ0n) is 9.45. The van der Waals surface area contributed by atoms with Gasteiger partial charge in [-0.1, -0.05) is 0 Å². The fourth-order valence-corrected chi connectivity index (χ4v) is 1.32. The molecule has 0 aromatic carbocycles. The lowest BCUT2D eigenvalue weighted by molar-refractivity contribution is -0.148. The van der Waals surface area contributed by atoms with Gasteiger partial charge in [0.1, 0.15) is 6.10 Å². The van der Waals surface area contributed by atoms with Crippen LogP contribution < -0.4 is 0 Å². The first-order valence-electron chi connectivity index (χ1n) is 5.00. The van der Waals surface area contributed by atoms with Crippen molar-refractivity contribution in [2.24, 2.45) is 0 Å². The van der Waals surface area contributed by atoms with Crippen LogP contribution in [0, 0.1) is 0 Å². The summed E-state index contributed by atoms with van der Waals surface area (Å²) in [5.74, 6) is -0.782. The molecule has 1 atom stereocenters. The molecule has 0 saturated carbocycles. The molecule has 0 aromatic rings. The van der Waals surface area contributed by atoms with Gasteiger partial charge in [-0.05, 0) is 13.8 Å². The van der Waals surface area contributed by atoms with Crippen LogP contribution in [0.4, 0.5) is 0 Å². The van der Waals surface area contributed by atoms with E-state index in [0.717, 1.165) is 0 Å². The highest BCUT2D eigenvalue weighted by Crippen LogP contribution is 2.22. The summed E-state index contributed by atoms with van der Waals surface area (Å²) < 4.78 is 20.6. The number of rotatable bonds is 5. The first-order valence-corrected chi connectivity index (χ1v) is 5.00. The van der Waals surface area contributed by atoms with Crippen LogP contribution in [0.3, 0.4) is 0 Å². The van der Waals surface area contributed by atoms with Crippen molar-refractivity contribution >= 4 is 5.97 Å². The zero-order chi connectivity index (χ0) is 11.3. The first kappa shape index (κ1) is 12.4. The minimum atomic E-state index is -0.517. The number of hydrogen-bond acceptors (Lipinski definition) is 5. The van der Waals surface area contributed by atoms with Gasteiger partial charge < -0.3 is 18.9 Å². The maximum absolute atomic E-state index is 10.8. The van der Waals surface area contributed by atoms with E-state index in [2.05, 4.69) is 4.74 Å². The molecule has 1 unspecified atom stereocenters. The highest BCUT2D eigenvalue weighted by atomic mass is 16.7. The number of ether oxygens (including phenoxy) is 4. The van der Waals surface area contributed by atoms with Gasteiger partial charge in [-0.2, -0.15) is 0 Å². The van der Waals surface area contributed by atoms with Crippen LogP contribution in [0.25, 0.3) is 0 Å². The first-order chi connectivity index (χ1) is 7.03. The van der Waals surface area contributed by atoms with E-state index < -0.39 is 5.79 Å². The molecule has 88 valence electrons. The van der Waals surface area contributed by atoms with Crippen molar-refractivity contribution in [3.05, 3.63) is 0 Å². The van der Waals surface area contributed by atoms with Crippen molar-refractivity contribution < 1.29 is 23.7 Å². The van der Waals surface area contributed by atoms with Crippen LogP contribution in [0.1, 0.15) is 20.3 Å². The van der Waals surface area contributed by atoms with Gasteiger partial charge in [0, 0.05) is 0 Å². The summed E-state index contributed by atoms with van der Waals surface area (Å²) in [6.45, 7) is 5.06. The largest absolute Gasteiger partial charge is 0.469 e. The highest BCUT2D eigenvalue weighted by molar-refractivity contribution is 5.69. The van der Waals surface area contributed by atoms with E-state index in [1.54, 1.807) is 0 Å². The molecule has 1 rings (SSSR count). The number of methoxy groups -OCH3 is 1. The molecule has 0 aromatic heterocycles. The van der Waals surface area contributed by atoms with E-state index in [0.29, 0.717) is 19.8 Å². The number of esters is 1. The molecule has 1 fully saturated rings. The molecule has 0 N–H and O–H groups in total. The Kier molecular flexibility index (Phi) is 4.50. The average molecular weight is 218 g/mol. The Hall–Kier alpha value is -0.650. The van der Waals surface area contributed by atoms with E-state index in [9.17, 15) is 4.79 Å². The quantitative estimate of drug-likeness (QED) is 0.502. The fraction of sp³-hybridized carbons (Fsp3) is 0.900. The lowest BCUT2D eigenvalue weighted by atomic mass is 10.4. The molecule has 0 radical (unpaired) electrons. The van der Waals surface area contributed by atoms with Crippen LogP contribution in [0.15, 0.2) is 0 Å². The summed E-state index contributed by atoms with van der Waals surface area (Å²) in [6.07, 6.45) is 0.227. The molecule has 5 nitrogen and oxygen atoms in total. The molecule has 0 spiro atoms. The Morgan fingerprint density at radius 1 is 1.53 bits per heavy atom. The summed E-state index contributed by atoms with van der Waals surface area (Å²) in [5, 5.41) is 0. The Bertz CT molecular complexity index is 214. The second-order valence-electron chi connectivity index (χ2n) is 3.85. The van der Waals surface area contributed by atoms with E-state index in [-0.39, 0.29) is 18.5 Å². The molecule has 5 heteroatoms. The summed E-state index contributed by atoms with van der Waals surface area (Å²) in [7, 11) is 1.36. The van der Waals surface area contributed by atoms with Crippen LogP contribution in [0.5, 0.6) is 0 Å². The van der Waals surface area contributed by atoms with Crippen molar-refractivity contribution in [1.29, 1.82) is 0 Å². The van der Waals surface area contributed by atoms with Crippen molar-refractivity contribution in [3.8, 4) is 0 Å². The van der Waals surface area contributed by atoms with Crippen molar-refractivity contribution in [2.75, 3.05) is 26.9 Å². The van der Waals surface area contributed by atoms with E-state index in [4.69, 9.17) is 14.2 Å². The maximum Gasteiger partial charge on any atom is 0.307 e. The lowest BCUT2D eigenvalue weighted by Crippen LogP contribution is -2.24. The van der Waals surface area contributed by atoms with Crippen molar-refractivity contribution in [2.45, 2.75) is 32.2 Å². The molecule has 15 heavy (non-hydrogen) atoms. The normalized spacial score (nSPS) is 24.1. The van der Waals surface area contributed by atoms with Gasteiger partial charge in [-0.25, -0.2) is 0 Å². The smallest absolute Gasteiger partial charge is 0.307 e. The third kappa shape index (κ3) is 4.59. The summed E-state index contributed by atoms with van der Waals surface area (Å²) >= 11 is 0. The number of carbonyl (C=O) groups is 1. The van der Waals surface area contributed by atoms with Crippen LogP contribution >= 0.6 is 0 Å². The standard InChI is InChI=1S/C10H18O5/c1-10(2)14-7-8(15-10)6-13-5-4-9(11)12-3/h8H,4-7H2,1-3H3. The molecule has 1 aliphatic heterocycles. The summed E-state index contributed by atoms with van der Waals surface area (Å²) in [4.78, 5) is 10.8. The van der Waals surface area contributed by atoms with Gasteiger partial charge in [0.05, 0.1) is 33.4 Å². The van der Waals surface area contributed by atoms with E-state index >= 15 is 0 Å². The molecule has 0 bridgehead atoms. The summed E-state index contributed by atoms with van der Waals surface area (Å²) in [6, 6.07) is 0. The molecule has 1 heterocycles. The highest BCUT2D eigenvalue weighted by Gasteiger charge is 2.32. The molecular weight excluding hydrogens is 200 g/mol. The van der Waals surface area contributed by atoms with Crippen molar-refractivity contribution in [1.82, 2.24) is 0 Å². The molecule has 0 aliphatic carbocycles. The predicted molar refractivity (Wildman–Crippen MR) is 52.4 cm³/mol. The van der Waals surface area contributed by atoms with E-state index in [1.807, 2.05) is 13.8 Å². The van der Waals surface area contributed by atoms with Gasteiger partial charge in [0.25, 0.3) is 0 Å². The van der Waals surface area contributed by atoms with E-state index in [1.165, 1.54) is 7.11 Å². The Morgan fingerprint density at radius 3 is 2.80 bits per heavy atom. The van der Waals surface area contributed by atoms with Crippen LogP contribution in [0.2, 0.25) is 0 Å². The van der Waals surface area contributed by atoms with Crippen LogP contribution in [-0.4, -0.2) is 44.8 Å². The van der Waals surface area contributed by atoms with Gasteiger partial charge in [0.15, 0.2) is 5.79 Å². The third-order valence-corrected chi connectivity index (χ3v) is 2.05. The second kappa shape index (κ2) is 5.44. The average Bonchev–Trinajstić information content (AvgIpc) is 2.52. The minimum Gasteiger partial charge on any atom is -0.469 e. The Labute approximate surface area is 89.6 Å². The molecule has 1 saturated heterocycles. The minimum absolute atomic E-state index is 0.0438. The van der Waals surface area contributed by atoms with Gasteiger partial charge in [-0.15, -0.1) is 0 Å². The molecular formula is C10H18O5. The molecule has 0 amide bonds. The Balaban J connectivity index is 2.04. The number of carbonyl (C=O) groups excluding carboxylic acids is 1. The Morgan fingerprint density at radius 2 is 2.27 bits per heavy atom. The SMILES string of the molecule is COC(=O)CCOCC1COC(C)(C)O1. The summed E-state index contributed by atoms with van der Waals surface area (Å²) in [5.41, 5.74) is 0. The lowest BCUT2D eigenvalue weighted by Gasteiger charge is -2.16.